The predicted molar refractivity (Wildman–Crippen MR) is 70.3 cm³/mol. The van der Waals surface area contributed by atoms with Gasteiger partial charge in [0.25, 0.3) is 0 Å². The largest absolute Gasteiger partial charge is 0.315 e. The zero-order valence-electron chi connectivity index (χ0n) is 9.62. The minimum Gasteiger partial charge on any atom is -0.315 e. The third-order valence-corrected chi connectivity index (χ3v) is 5.33. The number of piperidine rings is 1. The highest BCUT2D eigenvalue weighted by Crippen LogP contribution is 2.25. The van der Waals surface area contributed by atoms with Crippen molar-refractivity contribution in [2.75, 3.05) is 13.1 Å². The summed E-state index contributed by atoms with van der Waals surface area (Å²) < 4.78 is 40.7. The van der Waals surface area contributed by atoms with E-state index in [0.29, 0.717) is 6.54 Å². The van der Waals surface area contributed by atoms with E-state index in [9.17, 15) is 12.8 Å². The lowest BCUT2D eigenvalue weighted by molar-refractivity contribution is 0.427. The molecule has 0 unspecified atom stereocenters. The van der Waals surface area contributed by atoms with Crippen LogP contribution in [0.5, 0.6) is 0 Å². The van der Waals surface area contributed by atoms with Crippen LogP contribution in [-0.2, 0) is 10.0 Å². The van der Waals surface area contributed by atoms with E-state index in [0.717, 1.165) is 25.5 Å². The lowest BCUT2D eigenvalue weighted by Crippen LogP contribution is -2.45. The van der Waals surface area contributed by atoms with Crippen LogP contribution in [0.3, 0.4) is 0 Å². The molecule has 0 bridgehead atoms. The SMILES string of the molecule is O=S(=O)(N[C@@H]1CCCNC1)c1c(F)cccc1Br. The van der Waals surface area contributed by atoms with Crippen LogP contribution >= 0.6 is 15.9 Å². The lowest BCUT2D eigenvalue weighted by atomic mass is 10.1. The molecule has 4 nitrogen and oxygen atoms in total. The van der Waals surface area contributed by atoms with Gasteiger partial charge >= 0.3 is 0 Å². The summed E-state index contributed by atoms with van der Waals surface area (Å²) in [7, 11) is -3.83. The summed E-state index contributed by atoms with van der Waals surface area (Å²) in [6, 6.07) is 3.92. The van der Waals surface area contributed by atoms with E-state index in [1.807, 2.05) is 0 Å². The summed E-state index contributed by atoms with van der Waals surface area (Å²) in [6.07, 6.45) is 1.67. The maximum atomic E-state index is 13.6. The average Bonchev–Trinajstić information content (AvgIpc) is 2.28. The molecule has 1 aliphatic rings. The van der Waals surface area contributed by atoms with Crippen molar-refractivity contribution < 1.29 is 12.8 Å². The molecule has 100 valence electrons. The van der Waals surface area contributed by atoms with Gasteiger partial charge in [-0.2, -0.15) is 0 Å². The third kappa shape index (κ3) is 3.09. The van der Waals surface area contributed by atoms with Crippen LogP contribution in [0.1, 0.15) is 12.8 Å². The van der Waals surface area contributed by atoms with Crippen molar-refractivity contribution in [3.05, 3.63) is 28.5 Å². The second kappa shape index (κ2) is 5.64. The van der Waals surface area contributed by atoms with Gasteiger partial charge in [-0.15, -0.1) is 0 Å². The van der Waals surface area contributed by atoms with Crippen LogP contribution < -0.4 is 10.0 Å². The first kappa shape index (κ1) is 13.9. The average molecular weight is 337 g/mol. The molecule has 1 aromatic carbocycles. The predicted octanol–water partition coefficient (Wildman–Crippen LogP) is 1.62. The molecular weight excluding hydrogens is 323 g/mol. The van der Waals surface area contributed by atoms with Crippen molar-refractivity contribution in [3.8, 4) is 0 Å². The number of nitrogens with one attached hydrogen (secondary N) is 2. The second-order valence-electron chi connectivity index (χ2n) is 4.22. The van der Waals surface area contributed by atoms with Crippen LogP contribution in [0, 0.1) is 5.82 Å². The number of halogens is 2. The van der Waals surface area contributed by atoms with Gasteiger partial charge in [0.1, 0.15) is 10.7 Å². The Kier molecular flexibility index (Phi) is 4.37. The van der Waals surface area contributed by atoms with Gasteiger partial charge in [0.15, 0.2) is 0 Å². The second-order valence-corrected chi connectivity index (χ2v) is 6.72. The monoisotopic (exact) mass is 336 g/mol. The molecule has 18 heavy (non-hydrogen) atoms. The Morgan fingerprint density at radius 3 is 2.83 bits per heavy atom. The molecule has 0 aliphatic carbocycles. The fourth-order valence-electron chi connectivity index (χ4n) is 1.97. The zero-order valence-corrected chi connectivity index (χ0v) is 12.0. The van der Waals surface area contributed by atoms with Crippen molar-refractivity contribution >= 4 is 26.0 Å². The molecule has 1 saturated heterocycles. The van der Waals surface area contributed by atoms with Crippen LogP contribution in [0.15, 0.2) is 27.6 Å². The van der Waals surface area contributed by atoms with Gasteiger partial charge in [-0.25, -0.2) is 17.5 Å². The Hall–Kier alpha value is -0.500. The molecule has 1 aromatic rings. The van der Waals surface area contributed by atoms with Gasteiger partial charge < -0.3 is 5.32 Å². The smallest absolute Gasteiger partial charge is 0.244 e. The van der Waals surface area contributed by atoms with E-state index < -0.39 is 15.8 Å². The first-order valence-electron chi connectivity index (χ1n) is 5.68. The first-order chi connectivity index (χ1) is 8.50. The van der Waals surface area contributed by atoms with Crippen molar-refractivity contribution in [1.29, 1.82) is 0 Å². The molecule has 2 rings (SSSR count). The Balaban J connectivity index is 2.25. The van der Waals surface area contributed by atoms with E-state index in [4.69, 9.17) is 0 Å². The summed E-state index contributed by atoms with van der Waals surface area (Å²) in [5.41, 5.74) is 0. The summed E-state index contributed by atoms with van der Waals surface area (Å²) in [5, 5.41) is 3.11. The molecule has 2 N–H and O–H groups in total. The molecule has 0 saturated carbocycles. The summed E-state index contributed by atoms with van der Waals surface area (Å²) >= 11 is 3.07. The highest BCUT2D eigenvalue weighted by atomic mass is 79.9. The number of sulfonamides is 1. The minimum absolute atomic E-state index is 0.185. The van der Waals surface area contributed by atoms with Crippen LogP contribution in [0.25, 0.3) is 0 Å². The third-order valence-electron chi connectivity index (χ3n) is 2.81. The topological polar surface area (TPSA) is 58.2 Å². The standard InChI is InChI=1S/C11H14BrFN2O2S/c12-9-4-1-5-10(13)11(9)18(16,17)15-8-3-2-6-14-7-8/h1,4-5,8,14-15H,2-3,6-7H2/t8-/m1/s1. The highest BCUT2D eigenvalue weighted by Gasteiger charge is 2.26. The maximum absolute atomic E-state index is 13.6. The van der Waals surface area contributed by atoms with E-state index in [1.54, 1.807) is 0 Å². The van der Waals surface area contributed by atoms with Crippen molar-refractivity contribution in [2.24, 2.45) is 0 Å². The Morgan fingerprint density at radius 2 is 2.22 bits per heavy atom. The summed E-state index contributed by atoms with van der Waals surface area (Å²) in [6.45, 7) is 1.47. The fraction of sp³-hybridized carbons (Fsp3) is 0.455. The van der Waals surface area contributed by atoms with E-state index in [-0.39, 0.29) is 15.4 Å². The molecule has 7 heteroatoms. The Morgan fingerprint density at radius 1 is 1.44 bits per heavy atom. The van der Waals surface area contributed by atoms with Crippen LogP contribution in [-0.4, -0.2) is 27.5 Å². The first-order valence-corrected chi connectivity index (χ1v) is 7.95. The summed E-state index contributed by atoms with van der Waals surface area (Å²) in [5.74, 6) is -0.749. The van der Waals surface area contributed by atoms with E-state index >= 15 is 0 Å². The number of hydrogen-bond donors (Lipinski definition) is 2. The van der Waals surface area contributed by atoms with Crippen molar-refractivity contribution in [3.63, 3.8) is 0 Å². The van der Waals surface area contributed by atoms with Gasteiger partial charge in [0.2, 0.25) is 10.0 Å². The van der Waals surface area contributed by atoms with E-state index in [2.05, 4.69) is 26.0 Å². The van der Waals surface area contributed by atoms with E-state index in [1.165, 1.54) is 12.1 Å². The number of rotatable bonds is 3. The van der Waals surface area contributed by atoms with Crippen LogP contribution in [0.4, 0.5) is 4.39 Å². The molecule has 0 aromatic heterocycles. The van der Waals surface area contributed by atoms with Gasteiger partial charge in [0.05, 0.1) is 0 Å². The molecule has 0 radical (unpaired) electrons. The highest BCUT2D eigenvalue weighted by molar-refractivity contribution is 9.10. The Bertz CT molecular complexity index is 510. The fourth-order valence-corrected chi connectivity index (χ4v) is 4.36. The zero-order chi connectivity index (χ0) is 13.2. The lowest BCUT2D eigenvalue weighted by Gasteiger charge is -2.23. The van der Waals surface area contributed by atoms with Gasteiger partial charge in [-0.3, -0.25) is 0 Å². The minimum atomic E-state index is -3.83. The molecular formula is C11H14BrFN2O2S. The molecule has 0 spiro atoms. The van der Waals surface area contributed by atoms with Crippen LogP contribution in [0.2, 0.25) is 0 Å². The van der Waals surface area contributed by atoms with Gasteiger partial charge in [-0.05, 0) is 47.4 Å². The molecule has 1 fully saturated rings. The maximum Gasteiger partial charge on any atom is 0.244 e. The molecule has 1 aliphatic heterocycles. The van der Waals surface area contributed by atoms with Crippen molar-refractivity contribution in [2.45, 2.75) is 23.8 Å². The van der Waals surface area contributed by atoms with Crippen molar-refractivity contribution in [1.82, 2.24) is 10.0 Å². The quantitative estimate of drug-likeness (QED) is 0.881. The van der Waals surface area contributed by atoms with Gasteiger partial charge in [0, 0.05) is 17.1 Å². The molecule has 1 heterocycles. The molecule has 0 amide bonds. The summed E-state index contributed by atoms with van der Waals surface area (Å²) in [4.78, 5) is -0.324. The normalized spacial score (nSPS) is 20.9. The number of benzene rings is 1. The number of hydrogen-bond acceptors (Lipinski definition) is 3. The Labute approximate surface area is 114 Å². The van der Waals surface area contributed by atoms with Gasteiger partial charge in [-0.1, -0.05) is 6.07 Å². The molecule has 1 atom stereocenters.